The molecule has 1 atom stereocenters. The van der Waals surface area contributed by atoms with Crippen LogP contribution in [-0.2, 0) is 11.3 Å². The molecule has 0 aromatic heterocycles. The van der Waals surface area contributed by atoms with E-state index in [-0.39, 0.29) is 24.0 Å². The highest BCUT2D eigenvalue weighted by molar-refractivity contribution is 14.0. The van der Waals surface area contributed by atoms with Gasteiger partial charge in [0, 0.05) is 20.1 Å². The Labute approximate surface area is 176 Å². The average molecular weight is 474 g/mol. The van der Waals surface area contributed by atoms with E-state index in [9.17, 15) is 0 Å². The average Bonchev–Trinajstić information content (AvgIpc) is 2.64. The Balaban J connectivity index is 0.00000338. The van der Waals surface area contributed by atoms with Crippen LogP contribution in [0.5, 0.6) is 0 Å². The second kappa shape index (κ2) is 13.3. The molecule has 1 unspecified atom stereocenters. The smallest absolute Gasteiger partial charge is 0.190 e. The number of piperidine rings is 1. The molecule has 1 aliphatic rings. The maximum atomic E-state index is 5.81. The first kappa shape index (κ1) is 23.2. The number of benzene rings is 1. The van der Waals surface area contributed by atoms with Gasteiger partial charge in [-0.15, -0.1) is 24.0 Å². The van der Waals surface area contributed by atoms with Crippen LogP contribution in [0.15, 0.2) is 35.3 Å². The van der Waals surface area contributed by atoms with Crippen molar-refractivity contribution in [3.8, 4) is 0 Å². The van der Waals surface area contributed by atoms with Gasteiger partial charge in [0.05, 0.1) is 13.2 Å². The Bertz CT molecular complexity index is 504. The second-order valence-corrected chi connectivity index (χ2v) is 7.19. The first-order valence-corrected chi connectivity index (χ1v) is 9.42. The fourth-order valence-corrected chi connectivity index (χ4v) is 3.01. The van der Waals surface area contributed by atoms with E-state index >= 15 is 0 Å². The largest absolute Gasteiger partial charge is 0.376 e. The Morgan fingerprint density at radius 1 is 1.23 bits per heavy atom. The van der Waals surface area contributed by atoms with Crippen molar-refractivity contribution in [2.24, 2.45) is 16.8 Å². The number of nitrogens with zero attached hydrogens (tertiary/aromatic N) is 2. The van der Waals surface area contributed by atoms with Crippen molar-refractivity contribution < 1.29 is 4.74 Å². The number of rotatable bonds is 8. The lowest BCUT2D eigenvalue weighted by Crippen LogP contribution is -2.43. The second-order valence-electron chi connectivity index (χ2n) is 7.19. The number of aliphatic imine (C=N–C) groups is 1. The van der Waals surface area contributed by atoms with E-state index in [2.05, 4.69) is 46.6 Å². The number of ether oxygens (including phenoxy) is 1. The zero-order chi connectivity index (χ0) is 17.9. The van der Waals surface area contributed by atoms with E-state index in [1.165, 1.54) is 31.5 Å². The Hall–Kier alpha value is -0.860. The third-order valence-corrected chi connectivity index (χ3v) is 4.75. The summed E-state index contributed by atoms with van der Waals surface area (Å²) in [4.78, 5) is 6.73. The maximum absolute atomic E-state index is 5.81. The van der Waals surface area contributed by atoms with Crippen molar-refractivity contribution in [2.45, 2.75) is 26.4 Å². The molecule has 1 fully saturated rings. The SMILES string of the molecule is CN=C(NCC(C)COCc1ccccc1)NCC1CCN(C)CC1.I. The van der Waals surface area contributed by atoms with Gasteiger partial charge in [0.2, 0.25) is 0 Å². The molecule has 0 spiro atoms. The highest BCUT2D eigenvalue weighted by Crippen LogP contribution is 2.14. The van der Waals surface area contributed by atoms with E-state index in [1.807, 2.05) is 25.2 Å². The fraction of sp³-hybridized carbons (Fsp3) is 0.650. The van der Waals surface area contributed by atoms with E-state index in [0.717, 1.165) is 31.6 Å². The molecule has 1 saturated heterocycles. The minimum absolute atomic E-state index is 0. The molecule has 1 aromatic rings. The summed E-state index contributed by atoms with van der Waals surface area (Å²) in [5, 5.41) is 6.89. The summed E-state index contributed by atoms with van der Waals surface area (Å²) in [6, 6.07) is 10.3. The quantitative estimate of drug-likeness (QED) is 0.346. The third-order valence-electron chi connectivity index (χ3n) is 4.75. The van der Waals surface area contributed by atoms with Gasteiger partial charge in [-0.3, -0.25) is 4.99 Å². The van der Waals surface area contributed by atoms with Crippen molar-refractivity contribution >= 4 is 29.9 Å². The number of nitrogens with one attached hydrogen (secondary N) is 2. The van der Waals surface area contributed by atoms with Gasteiger partial charge in [0.25, 0.3) is 0 Å². The van der Waals surface area contributed by atoms with E-state index in [1.54, 1.807) is 0 Å². The number of hydrogen-bond donors (Lipinski definition) is 2. The van der Waals surface area contributed by atoms with Gasteiger partial charge in [-0.1, -0.05) is 37.3 Å². The Kier molecular flexibility index (Phi) is 11.9. The van der Waals surface area contributed by atoms with Crippen LogP contribution in [0.3, 0.4) is 0 Å². The molecule has 5 nitrogen and oxygen atoms in total. The van der Waals surface area contributed by atoms with E-state index in [0.29, 0.717) is 12.5 Å². The summed E-state index contributed by atoms with van der Waals surface area (Å²) in [5.74, 6) is 2.08. The molecule has 0 saturated carbocycles. The van der Waals surface area contributed by atoms with Crippen LogP contribution < -0.4 is 10.6 Å². The van der Waals surface area contributed by atoms with Gasteiger partial charge >= 0.3 is 0 Å². The summed E-state index contributed by atoms with van der Waals surface area (Å²) in [6.45, 7) is 7.89. The molecule has 1 aromatic carbocycles. The molecule has 6 heteroatoms. The Morgan fingerprint density at radius 3 is 2.58 bits per heavy atom. The molecule has 2 rings (SSSR count). The molecule has 148 valence electrons. The van der Waals surface area contributed by atoms with Crippen LogP contribution in [-0.4, -0.2) is 57.7 Å². The number of likely N-dealkylation sites (tertiary alicyclic amines) is 1. The predicted octanol–water partition coefficient (Wildman–Crippen LogP) is 2.96. The molecular formula is C20H35IN4O. The zero-order valence-electron chi connectivity index (χ0n) is 16.4. The summed E-state index contributed by atoms with van der Waals surface area (Å²) in [5.41, 5.74) is 1.22. The summed E-state index contributed by atoms with van der Waals surface area (Å²) >= 11 is 0. The van der Waals surface area contributed by atoms with E-state index in [4.69, 9.17) is 4.74 Å². The topological polar surface area (TPSA) is 48.9 Å². The first-order valence-electron chi connectivity index (χ1n) is 9.42. The molecular weight excluding hydrogens is 439 g/mol. The molecule has 26 heavy (non-hydrogen) atoms. The van der Waals surface area contributed by atoms with Gasteiger partial charge in [0.15, 0.2) is 5.96 Å². The molecule has 1 aliphatic heterocycles. The van der Waals surface area contributed by atoms with Crippen molar-refractivity contribution in [3.63, 3.8) is 0 Å². The van der Waals surface area contributed by atoms with Crippen molar-refractivity contribution in [1.29, 1.82) is 0 Å². The lowest BCUT2D eigenvalue weighted by molar-refractivity contribution is 0.0931. The molecule has 0 aliphatic carbocycles. The third kappa shape index (κ3) is 9.19. The van der Waals surface area contributed by atoms with E-state index < -0.39 is 0 Å². The van der Waals surface area contributed by atoms with Gasteiger partial charge in [-0.25, -0.2) is 0 Å². The predicted molar refractivity (Wildman–Crippen MR) is 120 cm³/mol. The number of guanidine groups is 1. The van der Waals surface area contributed by atoms with Crippen molar-refractivity contribution in [2.75, 3.05) is 46.9 Å². The minimum atomic E-state index is 0. The Morgan fingerprint density at radius 2 is 1.92 bits per heavy atom. The summed E-state index contributed by atoms with van der Waals surface area (Å²) in [7, 11) is 4.03. The molecule has 0 radical (unpaired) electrons. The van der Waals surface area contributed by atoms with Crippen molar-refractivity contribution in [3.05, 3.63) is 35.9 Å². The van der Waals surface area contributed by atoms with Crippen LogP contribution in [0.25, 0.3) is 0 Å². The molecule has 0 bridgehead atoms. The normalized spacial score (nSPS) is 17.4. The summed E-state index contributed by atoms with van der Waals surface area (Å²) in [6.07, 6.45) is 2.54. The summed E-state index contributed by atoms with van der Waals surface area (Å²) < 4.78 is 5.81. The monoisotopic (exact) mass is 474 g/mol. The van der Waals surface area contributed by atoms with Crippen LogP contribution in [0.4, 0.5) is 0 Å². The number of halogens is 1. The highest BCUT2D eigenvalue weighted by Gasteiger charge is 2.16. The first-order chi connectivity index (χ1) is 12.2. The van der Waals surface area contributed by atoms with Crippen LogP contribution in [0, 0.1) is 11.8 Å². The molecule has 1 heterocycles. The van der Waals surface area contributed by atoms with Crippen LogP contribution >= 0.6 is 24.0 Å². The minimum Gasteiger partial charge on any atom is -0.376 e. The van der Waals surface area contributed by atoms with Gasteiger partial charge in [-0.05, 0) is 50.4 Å². The van der Waals surface area contributed by atoms with Gasteiger partial charge in [0.1, 0.15) is 0 Å². The maximum Gasteiger partial charge on any atom is 0.190 e. The zero-order valence-corrected chi connectivity index (χ0v) is 18.7. The lowest BCUT2D eigenvalue weighted by atomic mass is 9.97. The van der Waals surface area contributed by atoms with Crippen LogP contribution in [0.1, 0.15) is 25.3 Å². The fourth-order valence-electron chi connectivity index (χ4n) is 3.01. The van der Waals surface area contributed by atoms with Crippen molar-refractivity contribution in [1.82, 2.24) is 15.5 Å². The van der Waals surface area contributed by atoms with Crippen LogP contribution in [0.2, 0.25) is 0 Å². The lowest BCUT2D eigenvalue weighted by Gasteiger charge is -2.29. The van der Waals surface area contributed by atoms with Gasteiger partial charge in [-0.2, -0.15) is 0 Å². The highest BCUT2D eigenvalue weighted by atomic mass is 127. The standard InChI is InChI=1S/C20H34N4O.HI/c1-17(15-25-16-19-7-5-4-6-8-19)13-22-20(21-2)23-14-18-9-11-24(3)12-10-18;/h4-8,17-18H,9-16H2,1-3H3,(H2,21,22,23);1H. The number of hydrogen-bond acceptors (Lipinski definition) is 3. The van der Waals surface area contributed by atoms with Gasteiger partial charge < -0.3 is 20.3 Å². The molecule has 2 N–H and O–H groups in total. The molecule has 0 amide bonds.